The van der Waals surface area contributed by atoms with E-state index in [1.807, 2.05) is 30.3 Å². The molecule has 0 N–H and O–H groups in total. The van der Waals surface area contributed by atoms with Crippen LogP contribution in [0.25, 0.3) is 6.08 Å². The smallest absolute Gasteiger partial charge is 0.255 e. The van der Waals surface area contributed by atoms with E-state index < -0.39 is 5.82 Å². The molecule has 0 bridgehead atoms. The van der Waals surface area contributed by atoms with Crippen molar-refractivity contribution in [1.82, 2.24) is 14.7 Å². The number of hydrogen-bond donors (Lipinski definition) is 0. The Morgan fingerprint density at radius 3 is 2.15 bits per heavy atom. The number of piperidine rings is 1. The van der Waals surface area contributed by atoms with Crippen LogP contribution in [0.1, 0.15) is 28.8 Å². The predicted molar refractivity (Wildman–Crippen MR) is 129 cm³/mol. The van der Waals surface area contributed by atoms with E-state index in [1.54, 1.807) is 26.9 Å². The fourth-order valence-electron chi connectivity index (χ4n) is 4.41. The Labute approximate surface area is 203 Å². The van der Waals surface area contributed by atoms with Gasteiger partial charge in [0.2, 0.25) is 11.8 Å². The zero-order chi connectivity index (χ0) is 24.1. The Bertz CT molecular complexity index is 1080. The molecule has 178 valence electrons. The van der Waals surface area contributed by atoms with Gasteiger partial charge < -0.3 is 14.7 Å². The van der Waals surface area contributed by atoms with E-state index in [0.29, 0.717) is 52.1 Å². The molecular weight excluding hydrogens is 457 g/mol. The molecule has 0 atom stereocenters. The summed E-state index contributed by atoms with van der Waals surface area (Å²) in [5.41, 5.74) is 1.24. The molecule has 0 aromatic heterocycles. The molecule has 3 amide bonds. The van der Waals surface area contributed by atoms with Crippen LogP contribution in [0.2, 0.25) is 5.02 Å². The summed E-state index contributed by atoms with van der Waals surface area (Å²) in [7, 11) is 0. The largest absolute Gasteiger partial charge is 0.339 e. The van der Waals surface area contributed by atoms with Gasteiger partial charge in [-0.25, -0.2) is 4.39 Å². The number of rotatable bonds is 4. The first kappa shape index (κ1) is 24.0. The van der Waals surface area contributed by atoms with E-state index in [2.05, 4.69) is 0 Å². The minimum Gasteiger partial charge on any atom is -0.339 e. The van der Waals surface area contributed by atoms with Crippen molar-refractivity contribution in [2.24, 2.45) is 5.92 Å². The molecule has 34 heavy (non-hydrogen) atoms. The van der Waals surface area contributed by atoms with Crippen LogP contribution in [0.3, 0.4) is 0 Å². The van der Waals surface area contributed by atoms with E-state index >= 15 is 0 Å². The van der Waals surface area contributed by atoms with Gasteiger partial charge in [-0.3, -0.25) is 14.4 Å². The summed E-state index contributed by atoms with van der Waals surface area (Å²) >= 11 is 6.03. The second-order valence-corrected chi connectivity index (χ2v) is 8.99. The second kappa shape index (κ2) is 10.8. The van der Waals surface area contributed by atoms with E-state index in [4.69, 9.17) is 11.6 Å². The summed E-state index contributed by atoms with van der Waals surface area (Å²) in [4.78, 5) is 43.5. The Kier molecular flexibility index (Phi) is 7.63. The third-order valence-electron chi connectivity index (χ3n) is 6.41. The Morgan fingerprint density at radius 1 is 0.853 bits per heavy atom. The molecule has 2 heterocycles. The topological polar surface area (TPSA) is 60.9 Å². The van der Waals surface area contributed by atoms with E-state index in [1.165, 1.54) is 12.1 Å². The van der Waals surface area contributed by atoms with Gasteiger partial charge in [-0.1, -0.05) is 41.9 Å². The highest BCUT2D eigenvalue weighted by Gasteiger charge is 2.32. The maximum Gasteiger partial charge on any atom is 0.255 e. The standard InChI is InChI=1S/C26H27ClFN3O3/c27-23-18-21(28)7-8-22(23)26(34)31-16-14-30(15-17-31)25(33)20-10-12-29(13-11-20)24(32)9-6-19-4-2-1-3-5-19/h1-9,18,20H,10-17H2/b9-6+. The quantitative estimate of drug-likeness (QED) is 0.623. The number of benzene rings is 2. The van der Waals surface area contributed by atoms with Crippen molar-refractivity contribution in [1.29, 1.82) is 0 Å². The second-order valence-electron chi connectivity index (χ2n) is 8.59. The number of carbonyl (C=O) groups is 3. The average Bonchev–Trinajstić information content (AvgIpc) is 2.87. The Hall–Kier alpha value is -3.19. The van der Waals surface area contributed by atoms with Gasteiger partial charge in [-0.15, -0.1) is 0 Å². The number of halogens is 2. The lowest BCUT2D eigenvalue weighted by atomic mass is 9.94. The van der Waals surface area contributed by atoms with E-state index in [9.17, 15) is 18.8 Å². The van der Waals surface area contributed by atoms with Gasteiger partial charge >= 0.3 is 0 Å². The molecule has 2 saturated heterocycles. The zero-order valence-electron chi connectivity index (χ0n) is 18.8. The van der Waals surface area contributed by atoms with Crippen molar-refractivity contribution in [2.45, 2.75) is 12.8 Å². The normalized spacial score (nSPS) is 17.3. The van der Waals surface area contributed by atoms with Crippen LogP contribution >= 0.6 is 11.6 Å². The van der Waals surface area contributed by atoms with Crippen molar-refractivity contribution in [3.8, 4) is 0 Å². The van der Waals surface area contributed by atoms with E-state index in [-0.39, 0.29) is 34.2 Å². The number of nitrogens with zero attached hydrogens (tertiary/aromatic N) is 3. The summed E-state index contributed by atoms with van der Waals surface area (Å²) < 4.78 is 13.3. The lowest BCUT2D eigenvalue weighted by Gasteiger charge is -2.38. The Balaban J connectivity index is 1.24. The minimum atomic E-state index is -0.489. The van der Waals surface area contributed by atoms with Gasteiger partial charge in [0.05, 0.1) is 10.6 Å². The molecule has 2 fully saturated rings. The van der Waals surface area contributed by atoms with Crippen LogP contribution in [0.5, 0.6) is 0 Å². The van der Waals surface area contributed by atoms with Crippen molar-refractivity contribution in [3.63, 3.8) is 0 Å². The van der Waals surface area contributed by atoms with Gasteiger partial charge in [0.25, 0.3) is 5.91 Å². The van der Waals surface area contributed by atoms with Crippen molar-refractivity contribution < 1.29 is 18.8 Å². The molecular formula is C26H27ClFN3O3. The summed E-state index contributed by atoms with van der Waals surface area (Å²) in [6, 6.07) is 13.4. The first-order valence-electron chi connectivity index (χ1n) is 11.5. The van der Waals surface area contributed by atoms with Crippen LogP contribution in [0.15, 0.2) is 54.6 Å². The minimum absolute atomic E-state index is 0.0404. The number of piperazine rings is 1. The molecule has 0 radical (unpaired) electrons. The van der Waals surface area contributed by atoms with Gasteiger partial charge in [-0.05, 0) is 42.7 Å². The molecule has 2 aliphatic heterocycles. The molecule has 2 aromatic carbocycles. The molecule has 0 spiro atoms. The first-order chi connectivity index (χ1) is 16.4. The molecule has 0 unspecified atom stereocenters. The SMILES string of the molecule is O=C(/C=C/c1ccccc1)N1CCC(C(=O)N2CCN(C(=O)c3ccc(F)cc3Cl)CC2)CC1. The fraction of sp³-hybridized carbons (Fsp3) is 0.346. The summed E-state index contributed by atoms with van der Waals surface area (Å²) in [5, 5.41) is 0.0865. The van der Waals surface area contributed by atoms with Crippen molar-refractivity contribution in [3.05, 3.63) is 76.6 Å². The summed E-state index contributed by atoms with van der Waals surface area (Å²) in [6.07, 6.45) is 4.66. The zero-order valence-corrected chi connectivity index (χ0v) is 19.6. The molecule has 8 heteroatoms. The highest BCUT2D eigenvalue weighted by atomic mass is 35.5. The number of amides is 3. The molecule has 4 rings (SSSR count). The molecule has 0 saturated carbocycles. The third-order valence-corrected chi connectivity index (χ3v) is 6.73. The average molecular weight is 484 g/mol. The van der Waals surface area contributed by atoms with Gasteiger partial charge in [0, 0.05) is 51.3 Å². The maximum absolute atomic E-state index is 13.3. The highest BCUT2D eigenvalue weighted by Crippen LogP contribution is 2.23. The van der Waals surface area contributed by atoms with Crippen LogP contribution in [-0.2, 0) is 9.59 Å². The van der Waals surface area contributed by atoms with Crippen LogP contribution in [0, 0.1) is 11.7 Å². The van der Waals surface area contributed by atoms with Gasteiger partial charge in [0.15, 0.2) is 0 Å². The van der Waals surface area contributed by atoms with Gasteiger partial charge in [-0.2, -0.15) is 0 Å². The fourth-order valence-corrected chi connectivity index (χ4v) is 4.65. The highest BCUT2D eigenvalue weighted by molar-refractivity contribution is 6.33. The molecule has 6 nitrogen and oxygen atoms in total. The maximum atomic E-state index is 13.3. The summed E-state index contributed by atoms with van der Waals surface area (Å²) in [5.74, 6) is -0.819. The van der Waals surface area contributed by atoms with Crippen LogP contribution in [0.4, 0.5) is 4.39 Å². The Morgan fingerprint density at radius 2 is 1.50 bits per heavy atom. The molecule has 2 aromatic rings. The van der Waals surface area contributed by atoms with Crippen molar-refractivity contribution in [2.75, 3.05) is 39.3 Å². The predicted octanol–water partition coefficient (Wildman–Crippen LogP) is 3.72. The summed E-state index contributed by atoms with van der Waals surface area (Å²) in [6.45, 7) is 2.80. The molecule has 2 aliphatic rings. The molecule has 0 aliphatic carbocycles. The third kappa shape index (κ3) is 5.65. The van der Waals surface area contributed by atoms with Crippen LogP contribution < -0.4 is 0 Å². The monoisotopic (exact) mass is 483 g/mol. The number of hydrogen-bond acceptors (Lipinski definition) is 3. The lowest BCUT2D eigenvalue weighted by molar-refractivity contribution is -0.140. The van der Waals surface area contributed by atoms with Crippen molar-refractivity contribution >= 4 is 35.4 Å². The number of carbonyl (C=O) groups excluding carboxylic acids is 3. The lowest BCUT2D eigenvalue weighted by Crippen LogP contribution is -2.53. The van der Waals surface area contributed by atoms with E-state index in [0.717, 1.165) is 11.6 Å². The van der Waals surface area contributed by atoms with Gasteiger partial charge in [0.1, 0.15) is 5.82 Å². The number of likely N-dealkylation sites (tertiary alicyclic amines) is 1. The van der Waals surface area contributed by atoms with Crippen LogP contribution in [-0.4, -0.2) is 71.7 Å². The first-order valence-corrected chi connectivity index (χ1v) is 11.9.